The maximum absolute atomic E-state index is 3.18. The van der Waals surface area contributed by atoms with Crippen molar-refractivity contribution < 1.29 is 0 Å². The number of hydrogen-bond donors (Lipinski definition) is 0. The topological polar surface area (TPSA) is 0 Å². The number of hydrogen-bond acceptors (Lipinski definition) is 0. The van der Waals surface area contributed by atoms with Crippen LogP contribution >= 0.6 is 31.9 Å². The predicted octanol–water partition coefficient (Wildman–Crippen LogP) is 2.42. The first kappa shape index (κ1) is 8.23. The second-order valence-corrected chi connectivity index (χ2v) is 4.05. The molecule has 0 spiro atoms. The van der Waals surface area contributed by atoms with Crippen molar-refractivity contribution in [2.45, 2.75) is 0 Å². The zero-order valence-electron chi connectivity index (χ0n) is 3.47. The number of rotatable bonds is 2. The van der Waals surface area contributed by atoms with Gasteiger partial charge in [0.25, 0.3) is 0 Å². The fourth-order valence-electron chi connectivity index (χ4n) is 0.105. The summed E-state index contributed by atoms with van der Waals surface area (Å²) in [5.74, 6) is 0. The van der Waals surface area contributed by atoms with Crippen LogP contribution in [0.25, 0.3) is 0 Å². The molecular weight excluding hydrogens is 335 g/mol. The molecule has 0 saturated heterocycles. The first-order chi connectivity index (χ1) is 3.41. The van der Waals surface area contributed by atoms with Crippen LogP contribution in [0.1, 0.15) is 0 Å². The van der Waals surface area contributed by atoms with Crippen molar-refractivity contribution in [2.75, 3.05) is 0 Å². The molecule has 0 rings (SSSR count). The molecule has 0 nitrogen and oxygen atoms in total. The van der Waals surface area contributed by atoms with Crippen LogP contribution in [0.4, 0.5) is 0 Å². The Hall–Kier alpha value is 1.23. The van der Waals surface area contributed by atoms with E-state index in [9.17, 15) is 0 Å². The fraction of sp³-hybridized carbons (Fsp3) is 0. The van der Waals surface area contributed by atoms with Crippen molar-refractivity contribution in [3.63, 3.8) is 0 Å². The Morgan fingerprint density at radius 3 is 1.71 bits per heavy atom. The zero-order chi connectivity index (χ0) is 5.54. The van der Waals surface area contributed by atoms with Gasteiger partial charge in [-0.15, -0.1) is 0 Å². The van der Waals surface area contributed by atoms with Gasteiger partial charge in [-0.05, 0) is 0 Å². The van der Waals surface area contributed by atoms with Gasteiger partial charge in [-0.1, -0.05) is 0 Å². The summed E-state index contributed by atoms with van der Waals surface area (Å²) < 4.78 is 4.28. The Morgan fingerprint density at radius 2 is 1.43 bits per heavy atom. The van der Waals surface area contributed by atoms with Gasteiger partial charge in [0.15, 0.2) is 0 Å². The molecule has 0 aliphatic rings. The summed E-state index contributed by atoms with van der Waals surface area (Å²) in [7, 11) is 0. The molecular formula is C4H4Br2Te. The van der Waals surface area contributed by atoms with E-state index >= 15 is 0 Å². The van der Waals surface area contributed by atoms with Crippen molar-refractivity contribution in [3.05, 3.63) is 18.2 Å². The van der Waals surface area contributed by atoms with Crippen molar-refractivity contribution in [1.82, 2.24) is 0 Å². The van der Waals surface area contributed by atoms with Gasteiger partial charge in [0, 0.05) is 0 Å². The molecule has 0 unspecified atom stereocenters. The van der Waals surface area contributed by atoms with E-state index in [1.807, 2.05) is 9.97 Å². The van der Waals surface area contributed by atoms with E-state index in [1.54, 1.807) is 0 Å². The normalized spacial score (nSPS) is 11.7. The summed E-state index contributed by atoms with van der Waals surface area (Å²) in [6, 6.07) is 0. The van der Waals surface area contributed by atoms with Gasteiger partial charge in [0.05, 0.1) is 0 Å². The third-order valence-corrected chi connectivity index (χ3v) is 4.64. The van der Waals surface area contributed by atoms with Gasteiger partial charge in [0.2, 0.25) is 0 Å². The third kappa shape index (κ3) is 7.23. The van der Waals surface area contributed by atoms with E-state index in [0.29, 0.717) is 0 Å². The third-order valence-electron chi connectivity index (χ3n) is 0.260. The molecule has 0 radical (unpaired) electrons. The molecule has 0 aromatic rings. The summed E-state index contributed by atoms with van der Waals surface area (Å²) >= 11 is 6.39. The molecule has 0 fully saturated rings. The molecule has 0 N–H and O–H groups in total. The maximum atomic E-state index is 3.18. The average molecular weight is 339 g/mol. The van der Waals surface area contributed by atoms with E-state index in [2.05, 4.69) is 40.1 Å². The standard InChI is InChI=1S/C4H4Br2Te/c5-1-3-7-4-2-6/h1-4H/b3-1+,4-2+. The van der Waals surface area contributed by atoms with Crippen LogP contribution in [0.15, 0.2) is 18.2 Å². The molecule has 0 aliphatic carbocycles. The minimum atomic E-state index is 0.0221. The van der Waals surface area contributed by atoms with E-state index < -0.39 is 0 Å². The SMILES string of the molecule is Br/C=C/[Te]/C=C/Br. The predicted molar refractivity (Wildman–Crippen MR) is 41.9 cm³/mol. The second-order valence-electron chi connectivity index (χ2n) is 0.660. The molecule has 0 heterocycles. The van der Waals surface area contributed by atoms with Crippen LogP contribution in [0, 0.1) is 0 Å². The minimum absolute atomic E-state index is 0.0221. The molecule has 40 valence electrons. The van der Waals surface area contributed by atoms with Crippen molar-refractivity contribution in [3.8, 4) is 0 Å². The molecule has 0 atom stereocenters. The van der Waals surface area contributed by atoms with Crippen LogP contribution in [-0.4, -0.2) is 20.9 Å². The van der Waals surface area contributed by atoms with Gasteiger partial charge in [-0.2, -0.15) is 0 Å². The molecule has 0 aromatic heterocycles. The number of halogens is 2. The fourth-order valence-corrected chi connectivity index (χ4v) is 2.37. The first-order valence-corrected chi connectivity index (χ1v) is 6.10. The molecule has 7 heavy (non-hydrogen) atoms. The monoisotopic (exact) mass is 340 g/mol. The van der Waals surface area contributed by atoms with E-state index in [0.717, 1.165) is 0 Å². The summed E-state index contributed by atoms with van der Waals surface area (Å²) in [6.45, 7) is 0. The van der Waals surface area contributed by atoms with Gasteiger partial charge in [0.1, 0.15) is 0 Å². The molecule has 0 aromatic carbocycles. The summed E-state index contributed by atoms with van der Waals surface area (Å²) in [4.78, 5) is 3.81. The van der Waals surface area contributed by atoms with Gasteiger partial charge in [-0.25, -0.2) is 0 Å². The average Bonchev–Trinajstić information content (AvgIpc) is 1.69. The van der Waals surface area contributed by atoms with Gasteiger partial charge >= 0.3 is 71.0 Å². The molecule has 0 amide bonds. The zero-order valence-corrected chi connectivity index (χ0v) is 8.98. The molecule has 0 bridgehead atoms. The quantitative estimate of drug-likeness (QED) is 0.678. The van der Waals surface area contributed by atoms with Crippen LogP contribution in [0.3, 0.4) is 0 Å². The van der Waals surface area contributed by atoms with Crippen molar-refractivity contribution in [1.29, 1.82) is 0 Å². The summed E-state index contributed by atoms with van der Waals surface area (Å²) in [6.07, 6.45) is 0. The van der Waals surface area contributed by atoms with Crippen molar-refractivity contribution >= 4 is 52.8 Å². The van der Waals surface area contributed by atoms with Gasteiger partial charge in [-0.3, -0.25) is 0 Å². The van der Waals surface area contributed by atoms with Crippen LogP contribution < -0.4 is 0 Å². The summed E-state index contributed by atoms with van der Waals surface area (Å²) in [5.41, 5.74) is 0. The second kappa shape index (κ2) is 7.23. The Bertz CT molecular complexity index is 67.8. The van der Waals surface area contributed by atoms with Crippen LogP contribution in [0.2, 0.25) is 0 Å². The van der Waals surface area contributed by atoms with Crippen LogP contribution in [-0.2, 0) is 0 Å². The first-order valence-electron chi connectivity index (χ1n) is 1.57. The van der Waals surface area contributed by atoms with E-state index in [4.69, 9.17) is 0 Å². The Labute approximate surface area is 70.4 Å². The van der Waals surface area contributed by atoms with Gasteiger partial charge < -0.3 is 0 Å². The van der Waals surface area contributed by atoms with Crippen molar-refractivity contribution in [2.24, 2.45) is 0 Å². The van der Waals surface area contributed by atoms with E-state index in [-0.39, 0.29) is 20.9 Å². The van der Waals surface area contributed by atoms with E-state index in [1.165, 1.54) is 0 Å². The molecule has 3 heteroatoms. The Balaban J connectivity index is 2.98. The molecule has 0 aliphatic heterocycles. The van der Waals surface area contributed by atoms with Crippen LogP contribution in [0.5, 0.6) is 0 Å². The Kier molecular flexibility index (Phi) is 8.50. The molecule has 0 saturated carbocycles. The Morgan fingerprint density at radius 1 is 1.00 bits per heavy atom. The summed E-state index contributed by atoms with van der Waals surface area (Å²) in [5, 5.41) is 0.